The maximum absolute atomic E-state index is 12.7. The van der Waals surface area contributed by atoms with Gasteiger partial charge in [-0.15, -0.1) is 11.3 Å². The number of methoxy groups -OCH3 is 1. The van der Waals surface area contributed by atoms with E-state index in [1.54, 1.807) is 23.1 Å². The van der Waals surface area contributed by atoms with Gasteiger partial charge < -0.3 is 14.4 Å². The van der Waals surface area contributed by atoms with Gasteiger partial charge >= 0.3 is 6.61 Å². The molecule has 1 aromatic heterocycles. The van der Waals surface area contributed by atoms with Crippen LogP contribution in [0.1, 0.15) is 17.4 Å². The standard InChI is InChI=1S/C18H18ClF2NO3S/c1-3-22(11-13-8-9-15(19)26-13)16(23)10-7-12-5-4-6-14(24-2)17(12)25-18(20)21/h4-10,18H,3,11H2,1-2H3/b10-7-. The Morgan fingerprint density at radius 3 is 2.69 bits per heavy atom. The monoisotopic (exact) mass is 401 g/mol. The number of alkyl halides is 2. The lowest BCUT2D eigenvalue weighted by Crippen LogP contribution is -2.28. The predicted octanol–water partition coefficient (Wildman–Crippen LogP) is 5.07. The Bertz CT molecular complexity index is 780. The van der Waals surface area contributed by atoms with E-state index in [9.17, 15) is 13.6 Å². The van der Waals surface area contributed by atoms with Gasteiger partial charge in [0.05, 0.1) is 18.0 Å². The molecule has 0 aliphatic rings. The molecule has 8 heteroatoms. The van der Waals surface area contributed by atoms with Gasteiger partial charge in [-0.2, -0.15) is 8.78 Å². The lowest BCUT2D eigenvalue weighted by Gasteiger charge is -2.18. The van der Waals surface area contributed by atoms with Gasteiger partial charge in [-0.25, -0.2) is 0 Å². The van der Waals surface area contributed by atoms with Gasteiger partial charge in [0.1, 0.15) is 0 Å². The number of benzene rings is 1. The number of nitrogens with zero attached hydrogens (tertiary/aromatic N) is 1. The van der Waals surface area contributed by atoms with Gasteiger partial charge in [0, 0.05) is 23.1 Å². The van der Waals surface area contributed by atoms with Crippen LogP contribution in [-0.4, -0.2) is 31.1 Å². The predicted molar refractivity (Wildman–Crippen MR) is 99.1 cm³/mol. The molecule has 1 aromatic carbocycles. The molecule has 0 saturated carbocycles. The Morgan fingerprint density at radius 2 is 2.12 bits per heavy atom. The average Bonchev–Trinajstić information content (AvgIpc) is 3.02. The van der Waals surface area contributed by atoms with Gasteiger partial charge in [0.15, 0.2) is 11.5 Å². The molecular formula is C18H18ClF2NO3S. The molecule has 0 bridgehead atoms. The van der Waals surface area contributed by atoms with Crippen molar-refractivity contribution in [3.63, 3.8) is 0 Å². The van der Waals surface area contributed by atoms with Gasteiger partial charge in [0.2, 0.25) is 5.91 Å². The highest BCUT2D eigenvalue weighted by Crippen LogP contribution is 2.33. The molecule has 1 amide bonds. The molecule has 0 spiro atoms. The highest BCUT2D eigenvalue weighted by atomic mass is 35.5. The second-order valence-electron chi connectivity index (χ2n) is 5.15. The first-order chi connectivity index (χ1) is 12.4. The van der Waals surface area contributed by atoms with Crippen LogP contribution in [-0.2, 0) is 11.3 Å². The summed E-state index contributed by atoms with van der Waals surface area (Å²) in [5.74, 6) is -0.189. The number of amides is 1. The van der Waals surface area contributed by atoms with Gasteiger partial charge in [-0.05, 0) is 31.2 Å². The molecule has 0 N–H and O–H groups in total. The van der Waals surface area contributed by atoms with Crippen molar-refractivity contribution < 1.29 is 23.0 Å². The molecule has 0 saturated heterocycles. The van der Waals surface area contributed by atoms with Crippen molar-refractivity contribution in [2.45, 2.75) is 20.1 Å². The molecule has 0 aliphatic heterocycles. The minimum atomic E-state index is -3.00. The summed E-state index contributed by atoms with van der Waals surface area (Å²) in [6.07, 6.45) is 2.76. The van der Waals surface area contributed by atoms with Crippen molar-refractivity contribution in [1.29, 1.82) is 0 Å². The molecule has 0 radical (unpaired) electrons. The summed E-state index contributed by atoms with van der Waals surface area (Å²) in [7, 11) is 1.36. The molecule has 2 rings (SSSR count). The highest BCUT2D eigenvalue weighted by molar-refractivity contribution is 7.16. The highest BCUT2D eigenvalue weighted by Gasteiger charge is 2.15. The van der Waals surface area contributed by atoms with Crippen LogP contribution in [0.5, 0.6) is 11.5 Å². The zero-order valence-electron chi connectivity index (χ0n) is 14.2. The van der Waals surface area contributed by atoms with Crippen molar-refractivity contribution >= 4 is 34.9 Å². The Balaban J connectivity index is 2.17. The summed E-state index contributed by atoms with van der Waals surface area (Å²) in [5, 5.41) is 0. The zero-order chi connectivity index (χ0) is 19.1. The lowest BCUT2D eigenvalue weighted by atomic mass is 10.1. The Morgan fingerprint density at radius 1 is 1.35 bits per heavy atom. The summed E-state index contributed by atoms with van der Waals surface area (Å²) in [4.78, 5) is 15.0. The lowest BCUT2D eigenvalue weighted by molar-refractivity contribution is -0.126. The van der Waals surface area contributed by atoms with Gasteiger partial charge in [-0.1, -0.05) is 23.7 Å². The molecule has 140 valence electrons. The van der Waals surface area contributed by atoms with E-state index in [-0.39, 0.29) is 17.4 Å². The third kappa shape index (κ3) is 5.44. The molecule has 0 aliphatic carbocycles. The van der Waals surface area contributed by atoms with Crippen molar-refractivity contribution in [2.24, 2.45) is 0 Å². The minimum Gasteiger partial charge on any atom is -0.493 e. The number of hydrogen-bond acceptors (Lipinski definition) is 4. The van der Waals surface area contributed by atoms with E-state index in [0.29, 0.717) is 23.0 Å². The number of carbonyl (C=O) groups is 1. The van der Waals surface area contributed by atoms with Crippen LogP contribution in [0.25, 0.3) is 6.08 Å². The van der Waals surface area contributed by atoms with E-state index in [1.165, 1.54) is 36.7 Å². The normalized spacial score (nSPS) is 11.2. The fourth-order valence-electron chi connectivity index (χ4n) is 2.28. The maximum atomic E-state index is 12.7. The zero-order valence-corrected chi connectivity index (χ0v) is 15.8. The summed E-state index contributed by atoms with van der Waals surface area (Å²) in [6.45, 7) is -0.213. The van der Waals surface area contributed by atoms with Crippen molar-refractivity contribution in [2.75, 3.05) is 13.7 Å². The van der Waals surface area contributed by atoms with E-state index in [4.69, 9.17) is 16.3 Å². The maximum Gasteiger partial charge on any atom is 0.387 e. The Labute approximate surface area is 159 Å². The first-order valence-corrected chi connectivity index (χ1v) is 8.97. The van der Waals surface area contributed by atoms with E-state index < -0.39 is 6.61 Å². The van der Waals surface area contributed by atoms with Crippen LogP contribution in [0.15, 0.2) is 36.4 Å². The van der Waals surface area contributed by atoms with E-state index in [1.807, 2.05) is 13.0 Å². The second kappa shape index (κ2) is 9.54. The molecule has 2 aromatic rings. The molecule has 0 atom stereocenters. The molecule has 26 heavy (non-hydrogen) atoms. The largest absolute Gasteiger partial charge is 0.493 e. The number of thiophene rings is 1. The molecule has 1 heterocycles. The number of para-hydroxylation sites is 1. The second-order valence-corrected chi connectivity index (χ2v) is 6.95. The van der Waals surface area contributed by atoms with Gasteiger partial charge in [0.25, 0.3) is 0 Å². The first kappa shape index (κ1) is 20.2. The fourth-order valence-corrected chi connectivity index (χ4v) is 3.38. The molecule has 0 unspecified atom stereocenters. The number of carbonyl (C=O) groups excluding carboxylic acids is 1. The topological polar surface area (TPSA) is 38.8 Å². The molecule has 0 fully saturated rings. The van der Waals surface area contributed by atoms with Crippen LogP contribution in [0.2, 0.25) is 4.34 Å². The summed E-state index contributed by atoms with van der Waals surface area (Å²) in [6, 6.07) is 8.35. The fraction of sp³-hybridized carbons (Fsp3) is 0.278. The van der Waals surface area contributed by atoms with Crippen LogP contribution in [0.4, 0.5) is 8.78 Å². The third-order valence-corrected chi connectivity index (χ3v) is 4.73. The minimum absolute atomic E-state index is 0.109. The summed E-state index contributed by atoms with van der Waals surface area (Å²) >= 11 is 7.31. The van der Waals surface area contributed by atoms with Crippen LogP contribution in [0, 0.1) is 0 Å². The third-order valence-electron chi connectivity index (χ3n) is 3.51. The first-order valence-electron chi connectivity index (χ1n) is 7.77. The van der Waals surface area contributed by atoms with Crippen molar-refractivity contribution in [3.05, 3.63) is 51.2 Å². The van der Waals surface area contributed by atoms with Crippen molar-refractivity contribution in [1.82, 2.24) is 4.90 Å². The van der Waals surface area contributed by atoms with Crippen molar-refractivity contribution in [3.8, 4) is 11.5 Å². The molecular weight excluding hydrogens is 384 g/mol. The SMILES string of the molecule is CCN(Cc1ccc(Cl)s1)C(=O)/C=C\c1cccc(OC)c1OC(F)F. The molecule has 4 nitrogen and oxygen atoms in total. The number of likely N-dealkylation sites (N-methyl/N-ethyl adjacent to an activating group) is 1. The number of hydrogen-bond donors (Lipinski definition) is 0. The Hall–Kier alpha value is -2.12. The summed E-state index contributed by atoms with van der Waals surface area (Å²) < 4.78 is 35.6. The number of halogens is 3. The van der Waals surface area contributed by atoms with E-state index in [0.717, 1.165) is 4.88 Å². The van der Waals surface area contributed by atoms with Gasteiger partial charge in [-0.3, -0.25) is 4.79 Å². The number of ether oxygens (including phenoxy) is 2. The quantitative estimate of drug-likeness (QED) is 0.579. The van der Waals surface area contributed by atoms with Crippen LogP contribution < -0.4 is 9.47 Å². The van der Waals surface area contributed by atoms with Crippen LogP contribution >= 0.6 is 22.9 Å². The summed E-state index contributed by atoms with van der Waals surface area (Å²) in [5.41, 5.74) is 0.327. The van der Waals surface area contributed by atoms with Crippen LogP contribution in [0.3, 0.4) is 0 Å². The smallest absolute Gasteiger partial charge is 0.387 e. The average molecular weight is 402 g/mol. The Kier molecular flexibility index (Phi) is 7.41. The van der Waals surface area contributed by atoms with E-state index in [2.05, 4.69) is 4.74 Å². The van der Waals surface area contributed by atoms with E-state index >= 15 is 0 Å². The number of rotatable bonds is 8.